The number of terminal acetylenes is 1. The predicted octanol–water partition coefficient (Wildman–Crippen LogP) is 3.08. The van der Waals surface area contributed by atoms with E-state index >= 15 is 0 Å². The first kappa shape index (κ1) is 15.2. The van der Waals surface area contributed by atoms with E-state index in [1.54, 1.807) is 0 Å². The molecule has 1 aliphatic carbocycles. The Kier molecular flexibility index (Phi) is 4.42. The van der Waals surface area contributed by atoms with Gasteiger partial charge in [-0.2, -0.15) is 0 Å². The van der Waals surface area contributed by atoms with Crippen molar-refractivity contribution in [3.05, 3.63) is 29.8 Å². The number of carbonyl (C=O) groups excluding carboxylic acids is 1. The summed E-state index contributed by atoms with van der Waals surface area (Å²) in [6.07, 6.45) is 5.72. The highest BCUT2D eigenvalue weighted by Gasteiger charge is 2.40. The maximum atomic E-state index is 11.7. The molecular weight excluding hydrogens is 266 g/mol. The molecule has 21 heavy (non-hydrogen) atoms. The van der Waals surface area contributed by atoms with E-state index in [0.29, 0.717) is 5.92 Å². The molecule has 0 spiro atoms. The van der Waals surface area contributed by atoms with Crippen molar-refractivity contribution in [2.45, 2.75) is 44.8 Å². The van der Waals surface area contributed by atoms with E-state index in [-0.39, 0.29) is 18.7 Å². The fourth-order valence-electron chi connectivity index (χ4n) is 2.12. The standard InChI is InChI=1S/C17H21NO3/c1-5-10-20-13-8-6-12(7-9-13)14-11-15(14)18-16(19)21-17(2,3)4/h1,6-9,14-15H,10-11H2,2-4H3,(H,18,19). The summed E-state index contributed by atoms with van der Waals surface area (Å²) >= 11 is 0. The van der Waals surface area contributed by atoms with Crippen molar-refractivity contribution in [2.24, 2.45) is 0 Å². The van der Waals surface area contributed by atoms with E-state index in [4.69, 9.17) is 15.9 Å². The molecule has 1 aromatic rings. The van der Waals surface area contributed by atoms with Crippen LogP contribution in [-0.4, -0.2) is 24.3 Å². The van der Waals surface area contributed by atoms with Gasteiger partial charge in [0.15, 0.2) is 0 Å². The van der Waals surface area contributed by atoms with Crippen LogP contribution in [0.25, 0.3) is 0 Å². The Morgan fingerprint density at radius 1 is 1.38 bits per heavy atom. The van der Waals surface area contributed by atoms with Gasteiger partial charge in [-0.05, 0) is 44.9 Å². The summed E-state index contributed by atoms with van der Waals surface area (Å²) in [5, 5.41) is 2.89. The molecule has 0 aromatic heterocycles. The summed E-state index contributed by atoms with van der Waals surface area (Å²) in [4.78, 5) is 11.7. The van der Waals surface area contributed by atoms with Crippen LogP contribution in [0.15, 0.2) is 24.3 Å². The third kappa shape index (κ3) is 4.71. The Bertz CT molecular complexity index is 537. The van der Waals surface area contributed by atoms with Gasteiger partial charge in [-0.25, -0.2) is 4.79 Å². The van der Waals surface area contributed by atoms with Crippen LogP contribution in [0.2, 0.25) is 0 Å². The summed E-state index contributed by atoms with van der Waals surface area (Å²) in [5.74, 6) is 3.53. The Morgan fingerprint density at radius 3 is 2.62 bits per heavy atom. The summed E-state index contributed by atoms with van der Waals surface area (Å²) < 4.78 is 10.6. The second-order valence-corrected chi connectivity index (χ2v) is 6.16. The Labute approximate surface area is 125 Å². The number of amides is 1. The summed E-state index contributed by atoms with van der Waals surface area (Å²) in [6, 6.07) is 7.96. The maximum absolute atomic E-state index is 11.7. The van der Waals surface area contributed by atoms with E-state index in [1.165, 1.54) is 5.56 Å². The molecular formula is C17H21NO3. The summed E-state index contributed by atoms with van der Waals surface area (Å²) in [6.45, 7) is 5.83. The molecule has 0 bridgehead atoms. The quantitative estimate of drug-likeness (QED) is 0.866. The Balaban J connectivity index is 1.83. The minimum absolute atomic E-state index is 0.150. The zero-order valence-electron chi connectivity index (χ0n) is 12.7. The molecule has 0 saturated heterocycles. The molecule has 1 fully saturated rings. The van der Waals surface area contributed by atoms with Gasteiger partial charge in [0, 0.05) is 12.0 Å². The summed E-state index contributed by atoms with van der Waals surface area (Å²) in [7, 11) is 0. The van der Waals surface area contributed by atoms with E-state index in [9.17, 15) is 4.79 Å². The normalized spacial score (nSPS) is 20.3. The highest BCUT2D eigenvalue weighted by Crippen LogP contribution is 2.41. The SMILES string of the molecule is C#CCOc1ccc(C2CC2NC(=O)OC(C)(C)C)cc1. The van der Waals surface area contributed by atoms with E-state index in [0.717, 1.165) is 12.2 Å². The number of benzene rings is 1. The fraction of sp³-hybridized carbons (Fsp3) is 0.471. The molecule has 2 unspecified atom stereocenters. The highest BCUT2D eigenvalue weighted by atomic mass is 16.6. The lowest BCUT2D eigenvalue weighted by atomic mass is 10.1. The van der Waals surface area contributed by atoms with Gasteiger partial charge < -0.3 is 14.8 Å². The molecule has 1 aliphatic rings. The lowest BCUT2D eigenvalue weighted by Crippen LogP contribution is -2.34. The number of hydrogen-bond donors (Lipinski definition) is 1. The molecule has 0 aliphatic heterocycles. The van der Waals surface area contributed by atoms with E-state index in [1.807, 2.05) is 45.0 Å². The van der Waals surface area contributed by atoms with Gasteiger partial charge in [-0.15, -0.1) is 6.42 Å². The lowest BCUT2D eigenvalue weighted by molar-refractivity contribution is 0.0523. The topological polar surface area (TPSA) is 47.6 Å². The first-order valence-electron chi connectivity index (χ1n) is 7.05. The molecule has 1 saturated carbocycles. The lowest BCUT2D eigenvalue weighted by Gasteiger charge is -2.19. The van der Waals surface area contributed by atoms with Crippen molar-refractivity contribution in [1.29, 1.82) is 0 Å². The number of hydrogen-bond acceptors (Lipinski definition) is 3. The smallest absolute Gasteiger partial charge is 0.407 e. The molecule has 112 valence electrons. The van der Waals surface area contributed by atoms with Gasteiger partial charge in [-0.3, -0.25) is 0 Å². The molecule has 2 atom stereocenters. The molecule has 4 nitrogen and oxygen atoms in total. The zero-order chi connectivity index (χ0) is 15.5. The van der Waals surface area contributed by atoms with Gasteiger partial charge >= 0.3 is 6.09 Å². The average Bonchev–Trinajstić information content (AvgIpc) is 3.13. The first-order valence-corrected chi connectivity index (χ1v) is 7.05. The van der Waals surface area contributed by atoms with Gasteiger partial charge in [0.1, 0.15) is 18.0 Å². The van der Waals surface area contributed by atoms with E-state index < -0.39 is 5.60 Å². The van der Waals surface area contributed by atoms with Crippen LogP contribution in [0.5, 0.6) is 5.75 Å². The fourth-order valence-corrected chi connectivity index (χ4v) is 2.12. The van der Waals surface area contributed by atoms with Crippen molar-refractivity contribution in [2.75, 3.05) is 6.61 Å². The van der Waals surface area contributed by atoms with Crippen LogP contribution in [-0.2, 0) is 4.74 Å². The summed E-state index contributed by atoms with van der Waals surface area (Å²) in [5.41, 5.74) is 0.717. The minimum atomic E-state index is -0.468. The number of nitrogens with one attached hydrogen (secondary N) is 1. The first-order chi connectivity index (χ1) is 9.89. The van der Waals surface area contributed by atoms with Gasteiger partial charge in [0.05, 0.1) is 0 Å². The monoisotopic (exact) mass is 287 g/mol. The van der Waals surface area contributed by atoms with Crippen molar-refractivity contribution >= 4 is 6.09 Å². The molecule has 1 N–H and O–H groups in total. The predicted molar refractivity (Wildman–Crippen MR) is 81.3 cm³/mol. The van der Waals surface area contributed by atoms with E-state index in [2.05, 4.69) is 11.2 Å². The van der Waals surface area contributed by atoms with Gasteiger partial charge in [-0.1, -0.05) is 18.1 Å². The van der Waals surface area contributed by atoms with Gasteiger partial charge in [0.25, 0.3) is 0 Å². The van der Waals surface area contributed by atoms with Crippen LogP contribution in [0.3, 0.4) is 0 Å². The van der Waals surface area contributed by atoms with Gasteiger partial charge in [0.2, 0.25) is 0 Å². The molecule has 1 amide bonds. The van der Waals surface area contributed by atoms with Crippen LogP contribution < -0.4 is 10.1 Å². The largest absolute Gasteiger partial charge is 0.481 e. The Hall–Kier alpha value is -2.15. The molecule has 2 rings (SSSR count). The van der Waals surface area contributed by atoms with Crippen molar-refractivity contribution in [1.82, 2.24) is 5.32 Å². The van der Waals surface area contributed by atoms with Crippen LogP contribution in [0.1, 0.15) is 38.7 Å². The number of ether oxygens (including phenoxy) is 2. The highest BCUT2D eigenvalue weighted by molar-refractivity contribution is 5.69. The maximum Gasteiger partial charge on any atom is 0.407 e. The number of rotatable bonds is 4. The van der Waals surface area contributed by atoms with Crippen LogP contribution in [0, 0.1) is 12.3 Å². The van der Waals surface area contributed by atoms with Crippen molar-refractivity contribution < 1.29 is 14.3 Å². The van der Waals surface area contributed by atoms with Crippen LogP contribution >= 0.6 is 0 Å². The number of carbonyl (C=O) groups is 1. The van der Waals surface area contributed by atoms with Crippen molar-refractivity contribution in [3.63, 3.8) is 0 Å². The zero-order valence-corrected chi connectivity index (χ0v) is 12.7. The second-order valence-electron chi connectivity index (χ2n) is 6.16. The second kappa shape index (κ2) is 6.09. The third-order valence-corrected chi connectivity index (χ3v) is 3.12. The molecule has 0 radical (unpaired) electrons. The minimum Gasteiger partial charge on any atom is -0.481 e. The molecule has 1 aromatic carbocycles. The van der Waals surface area contributed by atoms with Crippen LogP contribution in [0.4, 0.5) is 4.79 Å². The Morgan fingerprint density at radius 2 is 2.05 bits per heavy atom. The van der Waals surface area contributed by atoms with Crippen molar-refractivity contribution in [3.8, 4) is 18.1 Å². The third-order valence-electron chi connectivity index (χ3n) is 3.12. The molecule has 4 heteroatoms. The average molecular weight is 287 g/mol. The number of alkyl carbamates (subject to hydrolysis) is 1. The molecule has 0 heterocycles.